The van der Waals surface area contributed by atoms with Crippen LogP contribution in [0.2, 0.25) is 0 Å². The van der Waals surface area contributed by atoms with Crippen molar-refractivity contribution in [3.8, 4) is 5.88 Å². The number of hydrogen-bond donors (Lipinski definition) is 1. The van der Waals surface area contributed by atoms with Crippen LogP contribution in [0.3, 0.4) is 0 Å². The van der Waals surface area contributed by atoms with E-state index in [0.717, 1.165) is 0 Å². The van der Waals surface area contributed by atoms with Gasteiger partial charge in [-0.3, -0.25) is 9.59 Å². The number of ether oxygens (including phenoxy) is 1. The molecule has 3 rings (SSSR count). The highest BCUT2D eigenvalue weighted by Gasteiger charge is 2.36. The van der Waals surface area contributed by atoms with Crippen molar-refractivity contribution in [2.75, 3.05) is 38.2 Å². The Morgan fingerprint density at radius 3 is 2.54 bits per heavy atom. The molecule has 8 nitrogen and oxygen atoms in total. The number of carboxylic acids is 1. The number of amides is 1. The molecule has 1 aromatic heterocycles. The lowest BCUT2D eigenvalue weighted by Crippen LogP contribution is -2.50. The molecule has 0 bridgehead atoms. The molecule has 2 heterocycles. The summed E-state index contributed by atoms with van der Waals surface area (Å²) in [5, 5.41) is 9.07. The predicted octanol–water partition coefficient (Wildman–Crippen LogP) is 0.635. The van der Waals surface area contributed by atoms with E-state index in [1.54, 1.807) is 19.4 Å². The minimum atomic E-state index is -0.787. The first-order valence-electron chi connectivity index (χ1n) is 8.22. The van der Waals surface area contributed by atoms with Gasteiger partial charge in [0.25, 0.3) is 0 Å². The van der Waals surface area contributed by atoms with E-state index < -0.39 is 5.97 Å². The van der Waals surface area contributed by atoms with Crippen molar-refractivity contribution in [1.29, 1.82) is 0 Å². The predicted molar refractivity (Wildman–Crippen MR) is 85.8 cm³/mol. The summed E-state index contributed by atoms with van der Waals surface area (Å²) in [7, 11) is 1.56. The summed E-state index contributed by atoms with van der Waals surface area (Å²) in [6.07, 6.45) is 3.40. The Morgan fingerprint density at radius 1 is 1.21 bits per heavy atom. The number of carbonyl (C=O) groups excluding carboxylic acids is 1. The van der Waals surface area contributed by atoms with Crippen molar-refractivity contribution >= 4 is 17.8 Å². The Kier molecular flexibility index (Phi) is 4.82. The van der Waals surface area contributed by atoms with Gasteiger partial charge in [-0.1, -0.05) is 0 Å². The Bertz CT molecular complexity index is 616. The molecule has 0 unspecified atom stereocenters. The zero-order valence-corrected chi connectivity index (χ0v) is 13.7. The van der Waals surface area contributed by atoms with Crippen LogP contribution in [0.15, 0.2) is 12.3 Å². The lowest BCUT2D eigenvalue weighted by Gasteiger charge is -2.36. The van der Waals surface area contributed by atoms with E-state index in [2.05, 4.69) is 9.97 Å². The van der Waals surface area contributed by atoms with Gasteiger partial charge < -0.3 is 19.6 Å². The largest absolute Gasteiger partial charge is 0.481 e. The second-order valence-corrected chi connectivity index (χ2v) is 6.26. The zero-order chi connectivity index (χ0) is 17.1. The van der Waals surface area contributed by atoms with E-state index in [-0.39, 0.29) is 17.7 Å². The number of aliphatic carboxylic acids is 1. The molecule has 2 aliphatic rings. The van der Waals surface area contributed by atoms with Crippen LogP contribution in [0, 0.1) is 11.8 Å². The smallest absolute Gasteiger partial charge is 0.306 e. The summed E-state index contributed by atoms with van der Waals surface area (Å²) in [4.78, 5) is 36.1. The van der Waals surface area contributed by atoms with Crippen LogP contribution in [-0.2, 0) is 9.59 Å². The minimum Gasteiger partial charge on any atom is -0.481 e. The zero-order valence-electron chi connectivity index (χ0n) is 13.7. The number of rotatable bonds is 4. The number of methoxy groups -OCH3 is 1. The van der Waals surface area contributed by atoms with Gasteiger partial charge in [-0.25, -0.2) is 4.98 Å². The van der Waals surface area contributed by atoms with E-state index >= 15 is 0 Å². The minimum absolute atomic E-state index is 0.0879. The number of carboxylic acid groups (broad SMARTS) is 1. The molecule has 1 aromatic rings. The van der Waals surface area contributed by atoms with Crippen molar-refractivity contribution in [3.05, 3.63) is 12.3 Å². The maximum Gasteiger partial charge on any atom is 0.306 e. The molecular formula is C16H22N4O4. The van der Waals surface area contributed by atoms with Crippen molar-refractivity contribution in [2.45, 2.75) is 19.3 Å². The van der Waals surface area contributed by atoms with Crippen LogP contribution in [0.1, 0.15) is 19.3 Å². The SMILES string of the molecule is COc1ccnc(N2CCN(C(=O)[C@@H]3CC[C@H](C(=O)O)C3)CC2)n1. The fraction of sp³-hybridized carbons (Fsp3) is 0.625. The van der Waals surface area contributed by atoms with Crippen molar-refractivity contribution in [1.82, 2.24) is 14.9 Å². The average Bonchev–Trinajstić information content (AvgIpc) is 3.12. The van der Waals surface area contributed by atoms with Crippen molar-refractivity contribution < 1.29 is 19.4 Å². The van der Waals surface area contributed by atoms with Gasteiger partial charge in [-0.15, -0.1) is 0 Å². The second kappa shape index (κ2) is 7.02. The third-order valence-corrected chi connectivity index (χ3v) is 4.83. The van der Waals surface area contributed by atoms with Gasteiger partial charge in [-0.2, -0.15) is 4.98 Å². The highest BCUT2D eigenvalue weighted by atomic mass is 16.5. The monoisotopic (exact) mass is 334 g/mol. The molecule has 1 saturated carbocycles. The highest BCUT2D eigenvalue weighted by Crippen LogP contribution is 2.32. The summed E-state index contributed by atoms with van der Waals surface area (Å²) >= 11 is 0. The first-order chi connectivity index (χ1) is 11.6. The fourth-order valence-corrected chi connectivity index (χ4v) is 3.41. The molecule has 24 heavy (non-hydrogen) atoms. The highest BCUT2D eigenvalue weighted by molar-refractivity contribution is 5.81. The molecule has 1 N–H and O–H groups in total. The third kappa shape index (κ3) is 3.42. The Morgan fingerprint density at radius 2 is 1.92 bits per heavy atom. The van der Waals surface area contributed by atoms with Gasteiger partial charge in [0.15, 0.2) is 0 Å². The van der Waals surface area contributed by atoms with Crippen LogP contribution in [0.4, 0.5) is 5.95 Å². The normalized spacial score (nSPS) is 24.0. The summed E-state index contributed by atoms with van der Waals surface area (Å²) < 4.78 is 5.11. The molecule has 2 fully saturated rings. The molecule has 0 spiro atoms. The quantitative estimate of drug-likeness (QED) is 0.863. The van der Waals surface area contributed by atoms with Crippen LogP contribution in [-0.4, -0.2) is 65.1 Å². The number of aromatic nitrogens is 2. The molecule has 130 valence electrons. The molecular weight excluding hydrogens is 312 g/mol. The van der Waals surface area contributed by atoms with Gasteiger partial charge in [-0.05, 0) is 19.3 Å². The van der Waals surface area contributed by atoms with Crippen LogP contribution < -0.4 is 9.64 Å². The number of nitrogens with zero attached hydrogens (tertiary/aromatic N) is 4. The molecule has 1 aliphatic carbocycles. The summed E-state index contributed by atoms with van der Waals surface area (Å²) in [5.74, 6) is -0.0937. The van der Waals surface area contributed by atoms with Crippen molar-refractivity contribution in [3.63, 3.8) is 0 Å². The molecule has 0 aromatic carbocycles. The molecule has 1 amide bonds. The van der Waals surface area contributed by atoms with E-state index in [1.807, 2.05) is 9.80 Å². The van der Waals surface area contributed by atoms with Gasteiger partial charge in [0.2, 0.25) is 17.7 Å². The first-order valence-corrected chi connectivity index (χ1v) is 8.22. The summed E-state index contributed by atoms with van der Waals surface area (Å²) in [6.45, 7) is 2.53. The second-order valence-electron chi connectivity index (χ2n) is 6.26. The first kappa shape index (κ1) is 16.5. The van der Waals surface area contributed by atoms with Crippen molar-refractivity contribution in [2.24, 2.45) is 11.8 Å². The Hall–Kier alpha value is -2.38. The summed E-state index contributed by atoms with van der Waals surface area (Å²) in [6, 6.07) is 1.70. The van der Waals surface area contributed by atoms with Crippen LogP contribution in [0.5, 0.6) is 5.88 Å². The molecule has 1 saturated heterocycles. The van der Waals surface area contributed by atoms with Gasteiger partial charge in [0.05, 0.1) is 13.0 Å². The number of carbonyl (C=O) groups is 2. The van der Waals surface area contributed by atoms with Gasteiger partial charge >= 0.3 is 5.97 Å². The number of hydrogen-bond acceptors (Lipinski definition) is 6. The topological polar surface area (TPSA) is 95.9 Å². The number of piperazine rings is 1. The van der Waals surface area contributed by atoms with Gasteiger partial charge in [0, 0.05) is 44.4 Å². The fourth-order valence-electron chi connectivity index (χ4n) is 3.41. The molecule has 2 atom stereocenters. The molecule has 1 aliphatic heterocycles. The number of anilines is 1. The maximum atomic E-state index is 12.6. The van der Waals surface area contributed by atoms with E-state index in [9.17, 15) is 9.59 Å². The van der Waals surface area contributed by atoms with Crippen LogP contribution in [0.25, 0.3) is 0 Å². The molecule has 0 radical (unpaired) electrons. The Labute approximate surface area is 140 Å². The van der Waals surface area contributed by atoms with Crippen LogP contribution >= 0.6 is 0 Å². The Balaban J connectivity index is 1.55. The van der Waals surface area contributed by atoms with E-state index in [1.165, 1.54) is 0 Å². The van der Waals surface area contributed by atoms with E-state index in [4.69, 9.17) is 9.84 Å². The lowest BCUT2D eigenvalue weighted by atomic mass is 10.0. The average molecular weight is 334 g/mol. The maximum absolute atomic E-state index is 12.6. The standard InChI is InChI=1S/C16H22N4O4/c1-24-13-4-5-17-16(18-13)20-8-6-19(7-9-20)14(21)11-2-3-12(10-11)15(22)23/h4-5,11-12H,2-3,6-10H2,1H3,(H,22,23)/t11-,12+/m1/s1. The third-order valence-electron chi connectivity index (χ3n) is 4.83. The van der Waals surface area contributed by atoms with E-state index in [0.29, 0.717) is 57.3 Å². The summed E-state index contributed by atoms with van der Waals surface area (Å²) in [5.41, 5.74) is 0. The lowest BCUT2D eigenvalue weighted by molar-refractivity contribution is -0.141. The molecule has 8 heteroatoms. The van der Waals surface area contributed by atoms with Gasteiger partial charge in [0.1, 0.15) is 0 Å².